The van der Waals surface area contributed by atoms with Crippen molar-refractivity contribution in [1.29, 1.82) is 0 Å². The van der Waals surface area contributed by atoms with Crippen molar-refractivity contribution < 1.29 is 18.7 Å². The lowest BCUT2D eigenvalue weighted by Gasteiger charge is -2.34. The second kappa shape index (κ2) is 9.33. The zero-order valence-electron chi connectivity index (χ0n) is 16.5. The van der Waals surface area contributed by atoms with Crippen molar-refractivity contribution in [3.05, 3.63) is 63.7 Å². The van der Waals surface area contributed by atoms with Crippen molar-refractivity contribution in [1.82, 2.24) is 14.8 Å². The predicted octanol–water partition coefficient (Wildman–Crippen LogP) is 3.32. The van der Waals surface area contributed by atoms with E-state index in [1.807, 2.05) is 0 Å². The highest BCUT2D eigenvalue weighted by molar-refractivity contribution is 6.31. The quantitative estimate of drug-likeness (QED) is 0.696. The van der Waals surface area contributed by atoms with Crippen LogP contribution in [-0.2, 0) is 11.3 Å². The molecule has 1 aromatic heterocycles. The second-order valence-corrected chi connectivity index (χ2v) is 7.23. The molecule has 0 unspecified atom stereocenters. The summed E-state index contributed by atoms with van der Waals surface area (Å²) >= 11 is 6.11. The molecule has 0 saturated carbocycles. The largest absolute Gasteiger partial charge is 0.462 e. The fourth-order valence-corrected chi connectivity index (χ4v) is 3.51. The molecule has 1 aliphatic heterocycles. The number of nitrogens with zero attached hydrogens (tertiary/aromatic N) is 3. The number of pyridine rings is 1. The van der Waals surface area contributed by atoms with Gasteiger partial charge in [0.05, 0.1) is 17.9 Å². The number of benzene rings is 1. The standard InChI is InChI=1S/C21H23ClFN3O3/c1-3-29-21(28)15-7-8-19(24-14(15)2)20(27)26-11-9-25(10-12-26)13-16-17(22)5-4-6-18(16)23/h4-8H,3,9-13H2,1-2H3. The number of hydrogen-bond donors (Lipinski definition) is 0. The van der Waals surface area contributed by atoms with E-state index in [0.717, 1.165) is 0 Å². The molecule has 154 valence electrons. The maximum atomic E-state index is 14.0. The van der Waals surface area contributed by atoms with Crippen molar-refractivity contribution in [2.24, 2.45) is 0 Å². The summed E-state index contributed by atoms with van der Waals surface area (Å²) in [4.78, 5) is 32.7. The highest BCUT2D eigenvalue weighted by Crippen LogP contribution is 2.21. The number of esters is 1. The molecule has 3 rings (SSSR count). The van der Waals surface area contributed by atoms with Crippen molar-refractivity contribution in [2.75, 3.05) is 32.8 Å². The van der Waals surface area contributed by atoms with Gasteiger partial charge in [0.25, 0.3) is 5.91 Å². The van der Waals surface area contributed by atoms with Crippen LogP contribution in [-0.4, -0.2) is 59.4 Å². The van der Waals surface area contributed by atoms with E-state index in [2.05, 4.69) is 9.88 Å². The number of ether oxygens (including phenoxy) is 1. The van der Waals surface area contributed by atoms with Crippen LogP contribution < -0.4 is 0 Å². The normalized spacial score (nSPS) is 14.7. The molecule has 2 heterocycles. The number of halogens is 2. The maximum absolute atomic E-state index is 14.0. The van der Waals surface area contributed by atoms with E-state index in [1.54, 1.807) is 43.0 Å². The van der Waals surface area contributed by atoms with E-state index in [-0.39, 0.29) is 18.3 Å². The summed E-state index contributed by atoms with van der Waals surface area (Å²) in [6.07, 6.45) is 0. The van der Waals surface area contributed by atoms with E-state index in [1.165, 1.54) is 6.07 Å². The molecule has 0 atom stereocenters. The third-order valence-electron chi connectivity index (χ3n) is 4.90. The molecule has 8 heteroatoms. The summed E-state index contributed by atoms with van der Waals surface area (Å²) in [5, 5.41) is 0.407. The Hall–Kier alpha value is -2.51. The predicted molar refractivity (Wildman–Crippen MR) is 108 cm³/mol. The summed E-state index contributed by atoms with van der Waals surface area (Å²) in [5.74, 6) is -0.957. The number of amides is 1. The lowest BCUT2D eigenvalue weighted by molar-refractivity contribution is 0.0522. The number of rotatable bonds is 5. The van der Waals surface area contributed by atoms with Crippen LogP contribution in [0.4, 0.5) is 4.39 Å². The first-order valence-electron chi connectivity index (χ1n) is 9.50. The molecule has 1 saturated heterocycles. The van der Waals surface area contributed by atoms with Crippen LogP contribution in [0.15, 0.2) is 30.3 Å². The van der Waals surface area contributed by atoms with Crippen LogP contribution in [0, 0.1) is 12.7 Å². The topological polar surface area (TPSA) is 62.7 Å². The molecule has 6 nitrogen and oxygen atoms in total. The number of aromatic nitrogens is 1. The number of piperazine rings is 1. The Balaban J connectivity index is 1.61. The zero-order valence-corrected chi connectivity index (χ0v) is 17.2. The van der Waals surface area contributed by atoms with E-state index in [9.17, 15) is 14.0 Å². The molecule has 0 N–H and O–H groups in total. The third-order valence-corrected chi connectivity index (χ3v) is 5.26. The first-order valence-corrected chi connectivity index (χ1v) is 9.87. The lowest BCUT2D eigenvalue weighted by Crippen LogP contribution is -2.48. The van der Waals surface area contributed by atoms with E-state index in [0.29, 0.717) is 60.3 Å². The van der Waals surface area contributed by atoms with Gasteiger partial charge in [-0.25, -0.2) is 14.2 Å². The van der Waals surface area contributed by atoms with Gasteiger partial charge in [0.2, 0.25) is 0 Å². The average Bonchev–Trinajstić information content (AvgIpc) is 2.71. The third kappa shape index (κ3) is 4.92. The summed E-state index contributed by atoms with van der Waals surface area (Å²) in [6.45, 7) is 6.32. The number of carbonyl (C=O) groups is 2. The number of aryl methyl sites for hydroxylation is 1. The van der Waals surface area contributed by atoms with E-state index in [4.69, 9.17) is 16.3 Å². The summed E-state index contributed by atoms with van der Waals surface area (Å²) in [5.41, 5.74) is 1.58. The van der Waals surface area contributed by atoms with Gasteiger partial charge in [0.1, 0.15) is 11.5 Å². The van der Waals surface area contributed by atoms with Gasteiger partial charge in [-0.2, -0.15) is 0 Å². The monoisotopic (exact) mass is 419 g/mol. The molecule has 0 bridgehead atoms. The Bertz CT molecular complexity index is 894. The molecule has 1 amide bonds. The number of carbonyl (C=O) groups excluding carboxylic acids is 2. The van der Waals surface area contributed by atoms with Crippen molar-refractivity contribution in [3.63, 3.8) is 0 Å². The average molecular weight is 420 g/mol. The maximum Gasteiger partial charge on any atom is 0.339 e. The van der Waals surface area contributed by atoms with Crippen LogP contribution in [0.25, 0.3) is 0 Å². The highest BCUT2D eigenvalue weighted by atomic mass is 35.5. The molecule has 1 fully saturated rings. The van der Waals surface area contributed by atoms with Crippen LogP contribution in [0.3, 0.4) is 0 Å². The van der Waals surface area contributed by atoms with Crippen LogP contribution in [0.2, 0.25) is 5.02 Å². The summed E-state index contributed by atoms with van der Waals surface area (Å²) < 4.78 is 19.0. The van der Waals surface area contributed by atoms with Gasteiger partial charge < -0.3 is 9.64 Å². The fraction of sp³-hybridized carbons (Fsp3) is 0.381. The van der Waals surface area contributed by atoms with Crippen molar-refractivity contribution >= 4 is 23.5 Å². The first kappa shape index (κ1) is 21.2. The Kier molecular flexibility index (Phi) is 6.82. The Morgan fingerprint density at radius 1 is 1.17 bits per heavy atom. The smallest absolute Gasteiger partial charge is 0.339 e. The van der Waals surface area contributed by atoms with E-state index >= 15 is 0 Å². The van der Waals surface area contributed by atoms with Crippen LogP contribution >= 0.6 is 11.6 Å². The SMILES string of the molecule is CCOC(=O)c1ccc(C(=O)N2CCN(Cc3c(F)cccc3Cl)CC2)nc1C. The Morgan fingerprint density at radius 2 is 1.90 bits per heavy atom. The van der Waals surface area contributed by atoms with Gasteiger partial charge in [0, 0.05) is 43.3 Å². The van der Waals surface area contributed by atoms with Crippen molar-refractivity contribution in [2.45, 2.75) is 20.4 Å². The highest BCUT2D eigenvalue weighted by Gasteiger charge is 2.25. The fourth-order valence-electron chi connectivity index (χ4n) is 3.28. The molecule has 29 heavy (non-hydrogen) atoms. The van der Waals surface area contributed by atoms with Gasteiger partial charge in [0.15, 0.2) is 0 Å². The molecular formula is C21H23ClFN3O3. The minimum atomic E-state index is -0.447. The molecule has 0 radical (unpaired) electrons. The summed E-state index contributed by atoms with van der Waals surface area (Å²) in [6, 6.07) is 7.78. The van der Waals surface area contributed by atoms with Crippen LogP contribution in [0.5, 0.6) is 0 Å². The molecule has 0 aliphatic carbocycles. The van der Waals surface area contributed by atoms with Gasteiger partial charge in [-0.15, -0.1) is 0 Å². The molecule has 2 aromatic rings. The first-order chi connectivity index (χ1) is 13.9. The number of hydrogen-bond acceptors (Lipinski definition) is 5. The van der Waals surface area contributed by atoms with Gasteiger partial charge in [-0.3, -0.25) is 9.69 Å². The Labute approximate surface area is 174 Å². The molecule has 1 aliphatic rings. The minimum Gasteiger partial charge on any atom is -0.462 e. The molecular weight excluding hydrogens is 397 g/mol. The van der Waals surface area contributed by atoms with Crippen LogP contribution in [0.1, 0.15) is 39.0 Å². The Morgan fingerprint density at radius 3 is 2.52 bits per heavy atom. The van der Waals surface area contributed by atoms with Crippen molar-refractivity contribution in [3.8, 4) is 0 Å². The zero-order chi connectivity index (χ0) is 21.0. The molecule has 0 spiro atoms. The van der Waals surface area contributed by atoms with Gasteiger partial charge in [-0.05, 0) is 38.1 Å². The second-order valence-electron chi connectivity index (χ2n) is 6.82. The summed E-state index contributed by atoms with van der Waals surface area (Å²) in [7, 11) is 0. The van der Waals surface area contributed by atoms with Gasteiger partial charge in [-0.1, -0.05) is 17.7 Å². The molecule has 1 aromatic carbocycles. The minimum absolute atomic E-state index is 0.188. The van der Waals surface area contributed by atoms with Gasteiger partial charge >= 0.3 is 5.97 Å². The lowest BCUT2D eigenvalue weighted by atomic mass is 10.1. The van der Waals surface area contributed by atoms with E-state index < -0.39 is 5.97 Å².